The lowest BCUT2D eigenvalue weighted by Crippen LogP contribution is -2.24. The maximum Gasteiger partial charge on any atom is 0.434 e. The topological polar surface area (TPSA) is 136 Å². The highest BCUT2D eigenvalue weighted by Crippen LogP contribution is 2.27. The summed E-state index contributed by atoms with van der Waals surface area (Å²) in [6, 6.07) is 15.4. The summed E-state index contributed by atoms with van der Waals surface area (Å²) < 4.78 is 11.0. The highest BCUT2D eigenvalue weighted by molar-refractivity contribution is 6.09. The second-order valence-corrected chi connectivity index (χ2v) is 7.42. The number of nitrogens with one attached hydrogen (secondary N) is 1. The van der Waals surface area contributed by atoms with Gasteiger partial charge in [0.25, 0.3) is 5.56 Å². The van der Waals surface area contributed by atoms with Gasteiger partial charge in [-0.05, 0) is 36.8 Å². The first-order valence-corrected chi connectivity index (χ1v) is 10.2. The summed E-state index contributed by atoms with van der Waals surface area (Å²) in [5, 5.41) is 11.7. The number of rotatable bonds is 5. The van der Waals surface area contributed by atoms with E-state index in [1.54, 1.807) is 19.1 Å². The van der Waals surface area contributed by atoms with Gasteiger partial charge in [0.1, 0.15) is 12.4 Å². The largest absolute Gasteiger partial charge is 0.453 e. The van der Waals surface area contributed by atoms with E-state index in [9.17, 15) is 19.6 Å². The number of hydrogen-bond donors (Lipinski definition) is 1. The molecule has 2 amide bonds. The number of carbonyl (C=O) groups excluding carboxylic acids is 2. The monoisotopic (exact) mass is 457 g/mol. The molecule has 34 heavy (non-hydrogen) atoms. The molecule has 10 heteroatoms. The molecular formula is C24H19N5O5. The van der Waals surface area contributed by atoms with Crippen LogP contribution in [0.15, 0.2) is 58.3 Å². The standard InChI is InChI=1S/C24H19N5O5/c1-14-26-20(18-7-6-15(11-25)9-19(18)27-23(31)33-2)10-22(30)29(14)12-16-4-3-5-17(8-16)21-13-34-24(32)28-21/h3-10H,12-13H2,1-2H3,(H,27,31). The highest BCUT2D eigenvalue weighted by Gasteiger charge is 2.18. The van der Waals surface area contributed by atoms with Crippen LogP contribution in [0.1, 0.15) is 22.5 Å². The zero-order valence-electron chi connectivity index (χ0n) is 18.4. The third kappa shape index (κ3) is 4.68. The molecule has 4 rings (SSSR count). The average Bonchev–Trinajstić information content (AvgIpc) is 3.27. The number of aromatic nitrogens is 2. The van der Waals surface area contributed by atoms with E-state index in [0.717, 1.165) is 11.1 Å². The summed E-state index contributed by atoms with van der Waals surface area (Å²) in [5.41, 5.74) is 3.27. The van der Waals surface area contributed by atoms with Crippen LogP contribution in [-0.2, 0) is 16.0 Å². The summed E-state index contributed by atoms with van der Waals surface area (Å²) in [5.74, 6) is 0.456. The highest BCUT2D eigenvalue weighted by atomic mass is 16.6. The third-order valence-electron chi connectivity index (χ3n) is 5.21. The molecule has 0 unspecified atom stereocenters. The molecule has 2 aromatic carbocycles. The van der Waals surface area contributed by atoms with E-state index in [4.69, 9.17) is 4.74 Å². The Balaban J connectivity index is 1.67. The number of nitriles is 1. The van der Waals surface area contributed by atoms with Crippen LogP contribution in [0.5, 0.6) is 0 Å². The van der Waals surface area contributed by atoms with Crippen molar-refractivity contribution < 1.29 is 19.1 Å². The van der Waals surface area contributed by atoms with E-state index in [0.29, 0.717) is 34.0 Å². The number of hydrogen-bond acceptors (Lipinski definition) is 7. The van der Waals surface area contributed by atoms with Crippen molar-refractivity contribution in [3.63, 3.8) is 0 Å². The molecule has 1 aliphatic rings. The molecule has 3 aromatic rings. The van der Waals surface area contributed by atoms with Gasteiger partial charge in [-0.25, -0.2) is 14.6 Å². The number of aliphatic imine (C=N–C) groups is 1. The molecule has 0 spiro atoms. The van der Waals surface area contributed by atoms with Gasteiger partial charge in [-0.2, -0.15) is 10.3 Å². The Kier molecular flexibility index (Phi) is 6.18. The summed E-state index contributed by atoms with van der Waals surface area (Å²) in [4.78, 5) is 44.4. The first-order chi connectivity index (χ1) is 16.4. The number of cyclic esters (lactones) is 1. The van der Waals surface area contributed by atoms with Crippen LogP contribution >= 0.6 is 0 Å². The Labute approximate surface area is 194 Å². The molecule has 0 saturated carbocycles. The summed E-state index contributed by atoms with van der Waals surface area (Å²) >= 11 is 0. The smallest absolute Gasteiger partial charge is 0.434 e. The van der Waals surface area contributed by atoms with Crippen molar-refractivity contribution in [2.45, 2.75) is 13.5 Å². The summed E-state index contributed by atoms with van der Waals surface area (Å²) in [7, 11) is 1.23. The molecule has 1 aliphatic heterocycles. The molecule has 10 nitrogen and oxygen atoms in total. The number of methoxy groups -OCH3 is 1. The number of benzene rings is 2. The molecule has 2 heterocycles. The minimum Gasteiger partial charge on any atom is -0.453 e. The van der Waals surface area contributed by atoms with Crippen molar-refractivity contribution in [1.82, 2.24) is 9.55 Å². The van der Waals surface area contributed by atoms with Gasteiger partial charge >= 0.3 is 12.2 Å². The lowest BCUT2D eigenvalue weighted by atomic mass is 10.1. The third-order valence-corrected chi connectivity index (χ3v) is 5.21. The quantitative estimate of drug-likeness (QED) is 0.621. The lowest BCUT2D eigenvalue weighted by molar-refractivity contribution is 0.181. The maximum absolute atomic E-state index is 13.0. The van der Waals surface area contributed by atoms with Crippen LogP contribution in [0.25, 0.3) is 11.3 Å². The zero-order valence-corrected chi connectivity index (χ0v) is 18.4. The molecule has 0 radical (unpaired) electrons. The van der Waals surface area contributed by atoms with Crippen molar-refractivity contribution >= 4 is 23.6 Å². The molecule has 1 aromatic heterocycles. The molecule has 0 atom stereocenters. The number of nitrogens with zero attached hydrogens (tertiary/aromatic N) is 4. The number of aryl methyl sites for hydroxylation is 1. The van der Waals surface area contributed by atoms with Gasteiger partial charge in [0.15, 0.2) is 0 Å². The van der Waals surface area contributed by atoms with Gasteiger partial charge in [-0.15, -0.1) is 0 Å². The Morgan fingerprint density at radius 2 is 2.06 bits per heavy atom. The molecule has 170 valence electrons. The first-order valence-electron chi connectivity index (χ1n) is 10.2. The van der Waals surface area contributed by atoms with Crippen molar-refractivity contribution in [3.8, 4) is 17.3 Å². The van der Waals surface area contributed by atoms with Gasteiger partial charge in [0.2, 0.25) is 0 Å². The van der Waals surface area contributed by atoms with E-state index >= 15 is 0 Å². The van der Waals surface area contributed by atoms with Crippen LogP contribution in [0.4, 0.5) is 15.3 Å². The van der Waals surface area contributed by atoms with E-state index in [-0.39, 0.29) is 18.7 Å². The fourth-order valence-electron chi connectivity index (χ4n) is 3.54. The summed E-state index contributed by atoms with van der Waals surface area (Å²) in [6.07, 6.45) is -1.32. The second-order valence-electron chi connectivity index (χ2n) is 7.42. The average molecular weight is 457 g/mol. The molecule has 0 aliphatic carbocycles. The molecular weight excluding hydrogens is 438 g/mol. The van der Waals surface area contributed by atoms with Crippen molar-refractivity contribution in [3.05, 3.63) is 81.4 Å². The van der Waals surface area contributed by atoms with E-state index in [1.165, 1.54) is 23.8 Å². The number of amides is 2. The Hall–Kier alpha value is -4.78. The SMILES string of the molecule is COC(=O)Nc1cc(C#N)ccc1-c1cc(=O)n(Cc2cccc(C3=NC(=O)OC3)c2)c(C)n1. The van der Waals surface area contributed by atoms with Crippen LogP contribution in [0.3, 0.4) is 0 Å². The van der Waals surface area contributed by atoms with Gasteiger partial charge < -0.3 is 9.47 Å². The lowest BCUT2D eigenvalue weighted by Gasteiger charge is -2.14. The summed E-state index contributed by atoms with van der Waals surface area (Å²) in [6.45, 7) is 2.08. The number of carbonyl (C=O) groups is 2. The van der Waals surface area contributed by atoms with Crippen molar-refractivity contribution in [2.24, 2.45) is 4.99 Å². The van der Waals surface area contributed by atoms with E-state index in [2.05, 4.69) is 20.0 Å². The zero-order chi connectivity index (χ0) is 24.2. The maximum atomic E-state index is 13.0. The predicted octanol–water partition coefficient (Wildman–Crippen LogP) is 3.26. The van der Waals surface area contributed by atoms with Crippen LogP contribution in [0.2, 0.25) is 0 Å². The number of anilines is 1. The van der Waals surface area contributed by atoms with Crippen molar-refractivity contribution in [1.29, 1.82) is 5.26 Å². The fourth-order valence-corrected chi connectivity index (χ4v) is 3.54. The minimum absolute atomic E-state index is 0.115. The minimum atomic E-state index is -0.708. The molecule has 0 bridgehead atoms. The van der Waals surface area contributed by atoms with Gasteiger partial charge in [-0.3, -0.25) is 14.7 Å². The normalized spacial score (nSPS) is 12.5. The van der Waals surface area contributed by atoms with Crippen LogP contribution < -0.4 is 10.9 Å². The Bertz CT molecular complexity index is 1430. The van der Waals surface area contributed by atoms with E-state index in [1.807, 2.05) is 30.3 Å². The molecule has 1 N–H and O–H groups in total. The number of ether oxygens (including phenoxy) is 2. The van der Waals surface area contributed by atoms with Crippen molar-refractivity contribution in [2.75, 3.05) is 19.0 Å². The predicted molar refractivity (Wildman–Crippen MR) is 123 cm³/mol. The van der Waals surface area contributed by atoms with Gasteiger partial charge in [-0.1, -0.05) is 18.2 Å². The van der Waals surface area contributed by atoms with Crippen LogP contribution in [0, 0.1) is 18.3 Å². The van der Waals surface area contributed by atoms with Gasteiger partial charge in [0.05, 0.1) is 42.4 Å². The Morgan fingerprint density at radius 3 is 2.74 bits per heavy atom. The molecule has 0 fully saturated rings. The fraction of sp³-hybridized carbons (Fsp3) is 0.167. The second kappa shape index (κ2) is 9.38. The first kappa shape index (κ1) is 22.4. The van der Waals surface area contributed by atoms with Gasteiger partial charge in [0, 0.05) is 17.2 Å². The van der Waals surface area contributed by atoms with Crippen LogP contribution in [-0.4, -0.2) is 41.2 Å². The molecule has 0 saturated heterocycles. The Morgan fingerprint density at radius 1 is 1.24 bits per heavy atom. The van der Waals surface area contributed by atoms with E-state index < -0.39 is 12.2 Å².